The van der Waals surface area contributed by atoms with Crippen molar-refractivity contribution in [2.75, 3.05) is 26.8 Å². The van der Waals surface area contributed by atoms with E-state index in [-0.39, 0.29) is 5.92 Å². The average Bonchev–Trinajstić information content (AvgIpc) is 2.99. The van der Waals surface area contributed by atoms with Crippen molar-refractivity contribution in [2.45, 2.75) is 38.1 Å². The van der Waals surface area contributed by atoms with E-state index in [9.17, 15) is 0 Å². The van der Waals surface area contributed by atoms with Crippen molar-refractivity contribution in [3.05, 3.63) is 0 Å². The Balaban J connectivity index is 1.62. The Morgan fingerprint density at radius 1 is 1.31 bits per heavy atom. The smallest absolute Gasteiger partial charge is 0.0672 e. The minimum absolute atomic E-state index is 0.244. The van der Waals surface area contributed by atoms with Crippen molar-refractivity contribution in [3.63, 3.8) is 0 Å². The molecule has 3 nitrogen and oxygen atoms in total. The van der Waals surface area contributed by atoms with Gasteiger partial charge in [0.2, 0.25) is 0 Å². The molecule has 16 heavy (non-hydrogen) atoms. The molecule has 0 spiro atoms. The monoisotopic (exact) mass is 222 g/mol. The van der Waals surface area contributed by atoms with Gasteiger partial charge in [-0.3, -0.25) is 4.90 Å². The van der Waals surface area contributed by atoms with E-state index in [4.69, 9.17) is 10.00 Å². The third kappa shape index (κ3) is 3.20. The first-order valence-corrected chi connectivity index (χ1v) is 6.49. The summed E-state index contributed by atoms with van der Waals surface area (Å²) in [6.07, 6.45) is 6.17. The number of likely N-dealkylation sites (N-methyl/N-ethyl adjacent to an activating group) is 1. The standard InChI is InChI=1S/C13H22N2O/c1-15(7-8-16-10-11-5-6-11)13-4-2-3-12(13)9-14/h11-13H,2-8,10H2,1H3. The second-order valence-electron chi connectivity index (χ2n) is 5.23. The summed E-state index contributed by atoms with van der Waals surface area (Å²) in [7, 11) is 2.13. The Hall–Kier alpha value is -0.590. The van der Waals surface area contributed by atoms with Crippen molar-refractivity contribution in [1.82, 2.24) is 4.90 Å². The third-order valence-electron chi connectivity index (χ3n) is 3.85. The zero-order chi connectivity index (χ0) is 11.4. The number of nitrogens with zero attached hydrogens (tertiary/aromatic N) is 2. The maximum atomic E-state index is 9.03. The van der Waals surface area contributed by atoms with E-state index in [2.05, 4.69) is 18.0 Å². The van der Waals surface area contributed by atoms with Crippen LogP contribution in [-0.4, -0.2) is 37.7 Å². The van der Waals surface area contributed by atoms with E-state index in [1.165, 1.54) is 25.7 Å². The van der Waals surface area contributed by atoms with Crippen LogP contribution in [0, 0.1) is 23.2 Å². The van der Waals surface area contributed by atoms with Crippen LogP contribution in [0.2, 0.25) is 0 Å². The van der Waals surface area contributed by atoms with E-state index < -0.39 is 0 Å². The number of nitriles is 1. The molecule has 0 aromatic heterocycles. The van der Waals surface area contributed by atoms with E-state index in [0.717, 1.165) is 32.1 Å². The highest BCUT2D eigenvalue weighted by molar-refractivity contribution is 4.96. The SMILES string of the molecule is CN(CCOCC1CC1)C1CCCC1C#N. The van der Waals surface area contributed by atoms with Gasteiger partial charge >= 0.3 is 0 Å². The van der Waals surface area contributed by atoms with Crippen LogP contribution in [0.1, 0.15) is 32.1 Å². The third-order valence-corrected chi connectivity index (χ3v) is 3.85. The zero-order valence-corrected chi connectivity index (χ0v) is 10.2. The molecule has 2 saturated carbocycles. The highest BCUT2D eigenvalue weighted by Gasteiger charge is 2.30. The molecule has 0 aromatic rings. The first-order valence-electron chi connectivity index (χ1n) is 6.49. The molecule has 2 rings (SSSR count). The van der Waals surface area contributed by atoms with Crippen LogP contribution in [0.4, 0.5) is 0 Å². The summed E-state index contributed by atoms with van der Waals surface area (Å²) in [5.41, 5.74) is 0. The Labute approximate surface area is 98.4 Å². The molecule has 0 saturated heterocycles. The normalized spacial score (nSPS) is 29.6. The Morgan fingerprint density at radius 3 is 2.81 bits per heavy atom. The summed E-state index contributed by atoms with van der Waals surface area (Å²) >= 11 is 0. The second kappa shape index (κ2) is 5.65. The van der Waals surface area contributed by atoms with Gasteiger partial charge in [0.15, 0.2) is 0 Å². The molecule has 2 unspecified atom stereocenters. The second-order valence-corrected chi connectivity index (χ2v) is 5.23. The first kappa shape index (κ1) is 11.9. The fourth-order valence-corrected chi connectivity index (χ4v) is 2.53. The molecule has 3 heteroatoms. The van der Waals surface area contributed by atoms with Crippen LogP contribution in [0.25, 0.3) is 0 Å². The number of hydrogen-bond acceptors (Lipinski definition) is 3. The zero-order valence-electron chi connectivity index (χ0n) is 10.2. The van der Waals surface area contributed by atoms with E-state index in [0.29, 0.717) is 6.04 Å². The van der Waals surface area contributed by atoms with Gasteiger partial charge in [0.25, 0.3) is 0 Å². The van der Waals surface area contributed by atoms with Crippen LogP contribution in [0.5, 0.6) is 0 Å². The Kier molecular flexibility index (Phi) is 4.20. The van der Waals surface area contributed by atoms with E-state index in [1.807, 2.05) is 0 Å². The predicted octanol–water partition coefficient (Wildman–Crippen LogP) is 2.04. The molecule has 2 atom stereocenters. The van der Waals surface area contributed by atoms with Gasteiger partial charge in [-0.2, -0.15) is 5.26 Å². The molecule has 2 fully saturated rings. The minimum atomic E-state index is 0.244. The molecular weight excluding hydrogens is 200 g/mol. The van der Waals surface area contributed by atoms with Crippen LogP contribution >= 0.6 is 0 Å². The van der Waals surface area contributed by atoms with Crippen molar-refractivity contribution in [1.29, 1.82) is 5.26 Å². The maximum Gasteiger partial charge on any atom is 0.0672 e. The molecule has 0 aliphatic heterocycles. The summed E-state index contributed by atoms with van der Waals surface area (Å²) in [5, 5.41) is 9.03. The molecule has 2 aliphatic rings. The molecule has 2 aliphatic carbocycles. The van der Waals surface area contributed by atoms with Gasteiger partial charge in [-0.25, -0.2) is 0 Å². The lowest BCUT2D eigenvalue weighted by atomic mass is 10.0. The lowest BCUT2D eigenvalue weighted by Gasteiger charge is -2.26. The van der Waals surface area contributed by atoms with Crippen molar-refractivity contribution in [2.24, 2.45) is 11.8 Å². The van der Waals surface area contributed by atoms with Gasteiger partial charge in [0, 0.05) is 19.2 Å². The number of rotatable bonds is 6. The summed E-state index contributed by atoms with van der Waals surface area (Å²) < 4.78 is 5.63. The molecule has 0 N–H and O–H groups in total. The van der Waals surface area contributed by atoms with Gasteiger partial charge in [0.1, 0.15) is 0 Å². The molecule has 0 aromatic carbocycles. The lowest BCUT2D eigenvalue weighted by Crippen LogP contribution is -2.36. The average molecular weight is 222 g/mol. The number of hydrogen-bond donors (Lipinski definition) is 0. The van der Waals surface area contributed by atoms with Crippen LogP contribution in [0.3, 0.4) is 0 Å². The molecule has 0 bridgehead atoms. The van der Waals surface area contributed by atoms with Gasteiger partial charge in [-0.05, 0) is 38.6 Å². The minimum Gasteiger partial charge on any atom is -0.380 e. The van der Waals surface area contributed by atoms with E-state index >= 15 is 0 Å². The van der Waals surface area contributed by atoms with Gasteiger partial charge < -0.3 is 4.74 Å². The highest BCUT2D eigenvalue weighted by atomic mass is 16.5. The first-order chi connectivity index (χ1) is 7.81. The maximum absolute atomic E-state index is 9.03. The van der Waals surface area contributed by atoms with Gasteiger partial charge in [-0.1, -0.05) is 6.42 Å². The molecule has 0 radical (unpaired) electrons. The van der Waals surface area contributed by atoms with Crippen molar-refractivity contribution in [3.8, 4) is 6.07 Å². The van der Waals surface area contributed by atoms with Crippen LogP contribution in [0.15, 0.2) is 0 Å². The van der Waals surface area contributed by atoms with E-state index in [1.54, 1.807) is 0 Å². The quantitative estimate of drug-likeness (QED) is 0.645. The lowest BCUT2D eigenvalue weighted by molar-refractivity contribution is 0.0881. The Bertz CT molecular complexity index is 257. The summed E-state index contributed by atoms with van der Waals surface area (Å²) in [4.78, 5) is 2.31. The summed E-state index contributed by atoms with van der Waals surface area (Å²) in [6.45, 7) is 2.73. The molecule has 0 amide bonds. The summed E-state index contributed by atoms with van der Waals surface area (Å²) in [6, 6.07) is 2.90. The molecular formula is C13H22N2O. The topological polar surface area (TPSA) is 36.3 Å². The van der Waals surface area contributed by atoms with Crippen LogP contribution < -0.4 is 0 Å². The highest BCUT2D eigenvalue weighted by Crippen LogP contribution is 2.29. The van der Waals surface area contributed by atoms with Crippen LogP contribution in [-0.2, 0) is 4.74 Å². The summed E-state index contributed by atoms with van der Waals surface area (Å²) in [5.74, 6) is 1.09. The van der Waals surface area contributed by atoms with Gasteiger partial charge in [0.05, 0.1) is 18.6 Å². The largest absolute Gasteiger partial charge is 0.380 e. The van der Waals surface area contributed by atoms with Gasteiger partial charge in [-0.15, -0.1) is 0 Å². The Morgan fingerprint density at radius 2 is 2.12 bits per heavy atom. The fourth-order valence-electron chi connectivity index (χ4n) is 2.53. The van der Waals surface area contributed by atoms with Crippen molar-refractivity contribution >= 4 is 0 Å². The predicted molar refractivity (Wildman–Crippen MR) is 62.9 cm³/mol. The number of ether oxygens (including phenoxy) is 1. The molecule has 0 heterocycles. The van der Waals surface area contributed by atoms with Crippen molar-refractivity contribution < 1.29 is 4.74 Å². The molecule has 90 valence electrons. The fraction of sp³-hybridized carbons (Fsp3) is 0.923.